The molecule has 1 aromatic rings. The van der Waals surface area contributed by atoms with Gasteiger partial charge in [-0.3, -0.25) is 0 Å². The zero-order chi connectivity index (χ0) is 14.9. The van der Waals surface area contributed by atoms with Crippen molar-refractivity contribution in [3.05, 3.63) is 23.5 Å². The molecule has 0 heterocycles. The fraction of sp³-hybridized carbons (Fsp3) is 0.538. The Morgan fingerprint density at radius 1 is 1.45 bits per heavy atom. The lowest BCUT2D eigenvalue weighted by atomic mass is 10.1. The van der Waals surface area contributed by atoms with E-state index in [0.29, 0.717) is 12.8 Å². The molecule has 0 amide bonds. The van der Waals surface area contributed by atoms with Gasteiger partial charge in [0.25, 0.3) is 0 Å². The number of aliphatic hydroxyl groups is 1. The third kappa shape index (κ3) is 3.28. The normalized spacial score (nSPS) is 23.1. The molecular formula is C13H19FN2O3S. The molecule has 0 aliphatic heterocycles. The maximum absolute atomic E-state index is 13.6. The van der Waals surface area contributed by atoms with Crippen LogP contribution in [0, 0.1) is 18.7 Å². The Labute approximate surface area is 118 Å². The predicted octanol–water partition coefficient (Wildman–Crippen LogP) is 1.16. The minimum atomic E-state index is -3.79. The topological polar surface area (TPSA) is 92.4 Å². The molecule has 112 valence electrons. The van der Waals surface area contributed by atoms with Gasteiger partial charge < -0.3 is 10.8 Å². The fourth-order valence-electron chi connectivity index (χ4n) is 2.49. The van der Waals surface area contributed by atoms with Crippen molar-refractivity contribution in [1.82, 2.24) is 4.72 Å². The molecule has 0 radical (unpaired) electrons. The zero-order valence-corrected chi connectivity index (χ0v) is 12.1. The van der Waals surface area contributed by atoms with E-state index in [1.54, 1.807) is 0 Å². The first kappa shape index (κ1) is 15.2. The molecule has 1 aliphatic carbocycles. The summed E-state index contributed by atoms with van der Waals surface area (Å²) in [5.74, 6) is -0.521. The molecule has 1 saturated carbocycles. The van der Waals surface area contributed by atoms with Gasteiger partial charge >= 0.3 is 0 Å². The second-order valence-corrected chi connectivity index (χ2v) is 7.05. The molecule has 2 unspecified atom stereocenters. The van der Waals surface area contributed by atoms with E-state index in [1.165, 1.54) is 13.0 Å². The smallest absolute Gasteiger partial charge is 0.241 e. The number of nitrogens with two attached hydrogens (primary N) is 1. The summed E-state index contributed by atoms with van der Waals surface area (Å²) in [5, 5.41) is 9.42. The Morgan fingerprint density at radius 3 is 2.75 bits per heavy atom. The highest BCUT2D eigenvalue weighted by atomic mass is 32.2. The van der Waals surface area contributed by atoms with Gasteiger partial charge in [-0.1, -0.05) is 0 Å². The van der Waals surface area contributed by atoms with Crippen LogP contribution in [0.15, 0.2) is 17.0 Å². The largest absolute Gasteiger partial charge is 0.399 e. The number of aliphatic hydroxyl groups excluding tert-OH is 1. The first-order chi connectivity index (χ1) is 9.29. The van der Waals surface area contributed by atoms with Gasteiger partial charge in [0.05, 0.1) is 11.0 Å². The van der Waals surface area contributed by atoms with Gasteiger partial charge in [-0.25, -0.2) is 17.5 Å². The molecule has 2 atom stereocenters. The molecule has 1 aromatic carbocycles. The minimum Gasteiger partial charge on any atom is -0.399 e. The average Bonchev–Trinajstić information content (AvgIpc) is 2.77. The van der Waals surface area contributed by atoms with Crippen molar-refractivity contribution in [3.8, 4) is 0 Å². The molecule has 1 fully saturated rings. The van der Waals surface area contributed by atoms with E-state index >= 15 is 0 Å². The number of benzene rings is 1. The lowest BCUT2D eigenvalue weighted by Crippen LogP contribution is -2.29. The molecule has 4 N–H and O–H groups in total. The van der Waals surface area contributed by atoms with Gasteiger partial charge in [0.1, 0.15) is 5.82 Å². The second-order valence-electron chi connectivity index (χ2n) is 5.31. The summed E-state index contributed by atoms with van der Waals surface area (Å²) in [5.41, 5.74) is 5.62. The molecule has 5 nitrogen and oxygen atoms in total. The summed E-state index contributed by atoms with van der Waals surface area (Å²) in [6, 6.07) is 2.35. The quantitative estimate of drug-likeness (QED) is 0.728. The number of sulfonamides is 1. The molecule has 0 spiro atoms. The van der Waals surface area contributed by atoms with Crippen LogP contribution in [-0.2, 0) is 10.0 Å². The van der Waals surface area contributed by atoms with E-state index in [-0.39, 0.29) is 34.7 Å². The molecule has 0 bridgehead atoms. The van der Waals surface area contributed by atoms with Crippen molar-refractivity contribution in [1.29, 1.82) is 0 Å². The Balaban J connectivity index is 2.14. The van der Waals surface area contributed by atoms with Gasteiger partial charge in [0.2, 0.25) is 10.0 Å². The summed E-state index contributed by atoms with van der Waals surface area (Å²) in [6.45, 7) is 1.65. The number of rotatable bonds is 4. The van der Waals surface area contributed by atoms with E-state index in [0.717, 1.165) is 12.5 Å². The zero-order valence-electron chi connectivity index (χ0n) is 11.3. The van der Waals surface area contributed by atoms with Crippen LogP contribution in [0.4, 0.5) is 10.1 Å². The van der Waals surface area contributed by atoms with Crippen molar-refractivity contribution in [2.75, 3.05) is 12.3 Å². The second kappa shape index (κ2) is 5.67. The maximum atomic E-state index is 13.6. The van der Waals surface area contributed by atoms with Crippen LogP contribution in [0.5, 0.6) is 0 Å². The first-order valence-electron chi connectivity index (χ1n) is 6.53. The fourth-order valence-corrected chi connectivity index (χ4v) is 3.89. The van der Waals surface area contributed by atoms with Gasteiger partial charge in [0, 0.05) is 17.8 Å². The number of nitrogens with one attached hydrogen (secondary N) is 1. The van der Waals surface area contributed by atoms with E-state index in [2.05, 4.69) is 4.72 Å². The highest BCUT2D eigenvalue weighted by molar-refractivity contribution is 7.89. The van der Waals surface area contributed by atoms with Crippen molar-refractivity contribution < 1.29 is 17.9 Å². The van der Waals surface area contributed by atoms with Crippen LogP contribution >= 0.6 is 0 Å². The molecular weight excluding hydrogens is 283 g/mol. The van der Waals surface area contributed by atoms with Crippen LogP contribution in [0.1, 0.15) is 24.8 Å². The first-order valence-corrected chi connectivity index (χ1v) is 8.01. The van der Waals surface area contributed by atoms with Crippen LogP contribution in [0.25, 0.3) is 0 Å². The summed E-state index contributed by atoms with van der Waals surface area (Å²) in [4.78, 5) is -0.131. The maximum Gasteiger partial charge on any atom is 0.241 e. The highest BCUT2D eigenvalue weighted by Crippen LogP contribution is 2.26. The number of anilines is 1. The van der Waals surface area contributed by atoms with E-state index < -0.39 is 15.8 Å². The minimum absolute atomic E-state index is 0.0538. The van der Waals surface area contributed by atoms with Crippen molar-refractivity contribution in [3.63, 3.8) is 0 Å². The third-order valence-electron chi connectivity index (χ3n) is 3.68. The number of nitrogen functional groups attached to an aromatic ring is 1. The SMILES string of the molecule is Cc1c(F)cc(N)cc1S(=O)(=O)NCC1CCC(O)C1. The lowest BCUT2D eigenvalue weighted by molar-refractivity contribution is 0.178. The Hall–Kier alpha value is -1.18. The van der Waals surface area contributed by atoms with Crippen LogP contribution < -0.4 is 10.5 Å². The summed E-state index contributed by atoms with van der Waals surface area (Å²) < 4.78 is 40.4. The number of halogens is 1. The Kier molecular flexibility index (Phi) is 4.31. The summed E-state index contributed by atoms with van der Waals surface area (Å²) in [7, 11) is -3.79. The van der Waals surface area contributed by atoms with E-state index in [4.69, 9.17) is 5.73 Å². The lowest BCUT2D eigenvalue weighted by Gasteiger charge is -2.13. The molecule has 0 saturated heterocycles. The van der Waals surface area contributed by atoms with Crippen LogP contribution in [0.3, 0.4) is 0 Å². The van der Waals surface area contributed by atoms with Crippen molar-refractivity contribution >= 4 is 15.7 Å². The highest BCUT2D eigenvalue weighted by Gasteiger charge is 2.26. The summed E-state index contributed by atoms with van der Waals surface area (Å²) in [6.07, 6.45) is 1.72. The van der Waals surface area contributed by atoms with Crippen LogP contribution in [-0.4, -0.2) is 26.2 Å². The Morgan fingerprint density at radius 2 is 2.15 bits per heavy atom. The van der Waals surface area contributed by atoms with Gasteiger partial charge in [-0.05, 0) is 44.2 Å². The molecule has 7 heteroatoms. The predicted molar refractivity (Wildman–Crippen MR) is 74.1 cm³/mol. The standard InChI is InChI=1S/C13H19FN2O3S/c1-8-12(14)5-10(15)6-13(8)20(18,19)16-7-9-2-3-11(17)4-9/h5-6,9,11,16-17H,2-4,7,15H2,1H3. The van der Waals surface area contributed by atoms with Gasteiger partial charge in [-0.15, -0.1) is 0 Å². The number of hydrogen-bond acceptors (Lipinski definition) is 4. The van der Waals surface area contributed by atoms with E-state index in [9.17, 15) is 17.9 Å². The van der Waals surface area contributed by atoms with Crippen molar-refractivity contribution in [2.45, 2.75) is 37.2 Å². The van der Waals surface area contributed by atoms with E-state index in [1.807, 2.05) is 0 Å². The van der Waals surface area contributed by atoms with Crippen molar-refractivity contribution in [2.24, 2.45) is 5.92 Å². The van der Waals surface area contributed by atoms with Crippen LogP contribution in [0.2, 0.25) is 0 Å². The monoisotopic (exact) mass is 302 g/mol. The van der Waals surface area contributed by atoms with Gasteiger partial charge in [0.15, 0.2) is 0 Å². The number of hydrogen-bond donors (Lipinski definition) is 3. The third-order valence-corrected chi connectivity index (χ3v) is 5.23. The molecule has 0 aromatic heterocycles. The average molecular weight is 302 g/mol. The molecule has 20 heavy (non-hydrogen) atoms. The molecule has 1 aliphatic rings. The summed E-state index contributed by atoms with van der Waals surface area (Å²) >= 11 is 0. The molecule has 2 rings (SSSR count). The Bertz CT molecular complexity index is 604. The van der Waals surface area contributed by atoms with Gasteiger partial charge in [-0.2, -0.15) is 0 Å².